The molecule has 0 saturated heterocycles. The van der Waals surface area contributed by atoms with Crippen LogP contribution in [0.5, 0.6) is 0 Å². The second-order valence-electron chi connectivity index (χ2n) is 5.04. The minimum absolute atomic E-state index is 0.0427. The highest BCUT2D eigenvalue weighted by atomic mass is 35.5. The van der Waals surface area contributed by atoms with Gasteiger partial charge in [-0.15, -0.1) is 10.2 Å². The molecule has 3 aromatic rings. The Balaban J connectivity index is 1.75. The number of carbonyl (C=O) groups is 1. The summed E-state index contributed by atoms with van der Waals surface area (Å²) in [6.45, 7) is 0. The maximum absolute atomic E-state index is 13.2. The van der Waals surface area contributed by atoms with E-state index in [4.69, 9.17) is 11.6 Å². The quantitative estimate of drug-likeness (QED) is 0.680. The Hall–Kier alpha value is -2.71. The van der Waals surface area contributed by atoms with Gasteiger partial charge in [0.1, 0.15) is 5.82 Å². The third-order valence-corrected chi connectivity index (χ3v) is 4.52. The van der Waals surface area contributed by atoms with Gasteiger partial charge in [0.25, 0.3) is 5.91 Å². The number of hydrogen-bond donors (Lipinski definition) is 1. The smallest absolute Gasteiger partial charge is 0.286 e. The van der Waals surface area contributed by atoms with Crippen molar-refractivity contribution in [3.05, 3.63) is 75.5 Å². The molecule has 0 bridgehead atoms. The average Bonchev–Trinajstić information content (AvgIpc) is 3.10. The van der Waals surface area contributed by atoms with Crippen molar-refractivity contribution in [1.82, 2.24) is 10.2 Å². The molecule has 1 amide bonds. The maximum atomic E-state index is 13.2. The van der Waals surface area contributed by atoms with E-state index in [0.29, 0.717) is 11.3 Å². The molecule has 2 aromatic carbocycles. The first-order chi connectivity index (χ1) is 12.4. The number of rotatable bonds is 4. The van der Waals surface area contributed by atoms with Gasteiger partial charge in [-0.05, 0) is 48.0 Å². The zero-order valence-electron chi connectivity index (χ0n) is 12.8. The van der Waals surface area contributed by atoms with Crippen molar-refractivity contribution in [2.24, 2.45) is 0 Å². The molecular formula is C17H9ClF3N3OS. The molecule has 1 aromatic heterocycles. The highest BCUT2D eigenvalue weighted by Gasteiger charge is 2.15. The highest BCUT2D eigenvalue weighted by molar-refractivity contribution is 7.15. The Labute approximate surface area is 155 Å². The lowest BCUT2D eigenvalue weighted by Crippen LogP contribution is -2.11. The van der Waals surface area contributed by atoms with E-state index in [9.17, 15) is 18.0 Å². The number of hydrogen-bond acceptors (Lipinski definition) is 4. The second-order valence-corrected chi connectivity index (χ2v) is 6.42. The second kappa shape index (κ2) is 7.67. The van der Waals surface area contributed by atoms with Gasteiger partial charge in [0.05, 0.1) is 5.03 Å². The summed E-state index contributed by atoms with van der Waals surface area (Å²) in [5.41, 5.74) is 0.734. The van der Waals surface area contributed by atoms with Crippen LogP contribution in [-0.4, -0.2) is 16.1 Å². The van der Waals surface area contributed by atoms with Crippen LogP contribution >= 0.6 is 22.9 Å². The monoisotopic (exact) mass is 395 g/mol. The topological polar surface area (TPSA) is 54.9 Å². The number of benzene rings is 2. The molecule has 9 heteroatoms. The van der Waals surface area contributed by atoms with Crippen molar-refractivity contribution in [1.29, 1.82) is 0 Å². The fraction of sp³-hybridized carbons (Fsp3) is 0. The number of nitrogens with zero attached hydrogens (tertiary/aromatic N) is 2. The molecule has 0 unspecified atom stereocenters. The summed E-state index contributed by atoms with van der Waals surface area (Å²) in [6, 6.07) is 8.55. The molecule has 0 aliphatic carbocycles. The maximum Gasteiger partial charge on any atom is 0.286 e. The predicted octanol–water partition coefficient (Wildman–Crippen LogP) is 4.94. The number of amides is 1. The molecule has 0 fully saturated rings. The normalized spacial score (nSPS) is 11.5. The Morgan fingerprint density at radius 1 is 1.00 bits per heavy atom. The van der Waals surface area contributed by atoms with E-state index in [2.05, 4.69) is 15.5 Å². The predicted molar refractivity (Wildman–Crippen MR) is 94.3 cm³/mol. The molecule has 132 valence electrons. The first kappa shape index (κ1) is 18.1. The zero-order valence-corrected chi connectivity index (χ0v) is 14.4. The van der Waals surface area contributed by atoms with Gasteiger partial charge in [0.2, 0.25) is 5.01 Å². The molecule has 0 saturated carbocycles. The van der Waals surface area contributed by atoms with Crippen LogP contribution in [0.4, 0.5) is 18.9 Å². The van der Waals surface area contributed by atoms with Crippen LogP contribution in [0.2, 0.25) is 0 Å². The fourth-order valence-corrected chi connectivity index (χ4v) is 2.87. The summed E-state index contributed by atoms with van der Waals surface area (Å²) < 4.78 is 39.0. The molecule has 0 radical (unpaired) electrons. The Morgan fingerprint density at radius 2 is 1.69 bits per heavy atom. The van der Waals surface area contributed by atoms with E-state index in [-0.39, 0.29) is 15.0 Å². The Morgan fingerprint density at radius 3 is 2.38 bits per heavy atom. The van der Waals surface area contributed by atoms with E-state index in [1.165, 1.54) is 36.4 Å². The van der Waals surface area contributed by atoms with Crippen molar-refractivity contribution in [2.75, 3.05) is 5.32 Å². The molecule has 0 atom stereocenters. The Kier molecular flexibility index (Phi) is 5.34. The van der Waals surface area contributed by atoms with E-state index >= 15 is 0 Å². The van der Waals surface area contributed by atoms with Crippen LogP contribution in [0, 0.1) is 17.5 Å². The first-order valence-electron chi connectivity index (χ1n) is 7.15. The molecule has 0 aliphatic heterocycles. The summed E-state index contributed by atoms with van der Waals surface area (Å²) in [7, 11) is 0. The van der Waals surface area contributed by atoms with Crippen molar-refractivity contribution in [3.8, 4) is 0 Å². The molecule has 0 aliphatic rings. The third kappa shape index (κ3) is 4.27. The van der Waals surface area contributed by atoms with Gasteiger partial charge in [-0.3, -0.25) is 4.79 Å². The molecule has 26 heavy (non-hydrogen) atoms. The van der Waals surface area contributed by atoms with Crippen LogP contribution in [0.3, 0.4) is 0 Å². The third-order valence-electron chi connectivity index (χ3n) is 3.16. The van der Waals surface area contributed by atoms with E-state index in [1.54, 1.807) is 0 Å². The fourth-order valence-electron chi connectivity index (χ4n) is 1.94. The van der Waals surface area contributed by atoms with Crippen molar-refractivity contribution in [3.63, 3.8) is 0 Å². The summed E-state index contributed by atoms with van der Waals surface area (Å²) in [5, 5.41) is 10.5. The van der Waals surface area contributed by atoms with E-state index in [1.807, 2.05) is 0 Å². The van der Waals surface area contributed by atoms with Crippen LogP contribution in [-0.2, 0) is 0 Å². The summed E-state index contributed by atoms with van der Waals surface area (Å²) in [5.74, 6) is -2.92. The van der Waals surface area contributed by atoms with Crippen LogP contribution < -0.4 is 5.32 Å². The molecule has 1 heterocycles. The number of nitrogens with one attached hydrogen (secondary N) is 1. The van der Waals surface area contributed by atoms with Gasteiger partial charge in [0, 0.05) is 5.69 Å². The lowest BCUT2D eigenvalue weighted by molar-refractivity contribution is 0.102. The van der Waals surface area contributed by atoms with Gasteiger partial charge in [0.15, 0.2) is 16.6 Å². The standard InChI is InChI=1S/C17H9ClF3N3OS/c18-12(7-9-1-6-13(20)14(21)8-9)16-23-24-17(26-16)15(25)22-11-4-2-10(19)3-5-11/h1-8H,(H,22,25). The molecular weight excluding hydrogens is 387 g/mol. The largest absolute Gasteiger partial charge is 0.320 e. The molecule has 4 nitrogen and oxygen atoms in total. The number of carbonyl (C=O) groups excluding carboxylic acids is 1. The Bertz CT molecular complexity index is 989. The van der Waals surface area contributed by atoms with Gasteiger partial charge < -0.3 is 5.32 Å². The molecule has 0 spiro atoms. The minimum Gasteiger partial charge on any atom is -0.320 e. The van der Waals surface area contributed by atoms with Crippen LogP contribution in [0.25, 0.3) is 11.1 Å². The number of halogens is 4. The van der Waals surface area contributed by atoms with Crippen molar-refractivity contribution < 1.29 is 18.0 Å². The average molecular weight is 396 g/mol. The van der Waals surface area contributed by atoms with E-state index < -0.39 is 23.4 Å². The highest BCUT2D eigenvalue weighted by Crippen LogP contribution is 2.26. The van der Waals surface area contributed by atoms with Gasteiger partial charge in [-0.25, -0.2) is 13.2 Å². The summed E-state index contributed by atoms with van der Waals surface area (Å²) >= 11 is 7.03. The summed E-state index contributed by atoms with van der Waals surface area (Å²) in [6.07, 6.45) is 1.38. The van der Waals surface area contributed by atoms with Crippen LogP contribution in [0.1, 0.15) is 20.4 Å². The van der Waals surface area contributed by atoms with Crippen LogP contribution in [0.15, 0.2) is 42.5 Å². The van der Waals surface area contributed by atoms with Crippen molar-refractivity contribution in [2.45, 2.75) is 0 Å². The number of anilines is 1. The van der Waals surface area contributed by atoms with Gasteiger partial charge >= 0.3 is 0 Å². The SMILES string of the molecule is O=C(Nc1ccc(F)cc1)c1nnc(C(Cl)=Cc2ccc(F)c(F)c2)s1. The lowest BCUT2D eigenvalue weighted by atomic mass is 10.2. The minimum atomic E-state index is -1.00. The lowest BCUT2D eigenvalue weighted by Gasteiger charge is -2.01. The van der Waals surface area contributed by atoms with Gasteiger partial charge in [-0.2, -0.15) is 0 Å². The number of aromatic nitrogens is 2. The zero-order chi connectivity index (χ0) is 18.7. The summed E-state index contributed by atoms with van der Waals surface area (Å²) in [4.78, 5) is 12.1. The first-order valence-corrected chi connectivity index (χ1v) is 8.35. The molecule has 3 rings (SSSR count). The van der Waals surface area contributed by atoms with Gasteiger partial charge in [-0.1, -0.05) is 29.0 Å². The van der Waals surface area contributed by atoms with E-state index in [0.717, 1.165) is 23.5 Å². The van der Waals surface area contributed by atoms with Crippen molar-refractivity contribution >= 4 is 45.6 Å². The molecule has 1 N–H and O–H groups in total.